The average Bonchev–Trinajstić information content (AvgIpc) is 3.14. The molecule has 7 nitrogen and oxygen atoms in total. The number of carbonyl (C=O) groups is 1. The van der Waals surface area contributed by atoms with E-state index in [0.717, 1.165) is 6.61 Å². The highest BCUT2D eigenvalue weighted by atomic mass is 16.6. The van der Waals surface area contributed by atoms with Gasteiger partial charge in [-0.2, -0.15) is 0 Å². The van der Waals surface area contributed by atoms with Gasteiger partial charge in [0.2, 0.25) is 0 Å². The molecule has 1 amide bonds. The maximum Gasteiger partial charge on any atom is 0.262 e. The number of epoxide rings is 1. The number of nitrogens with one attached hydrogen (secondary N) is 1. The van der Waals surface area contributed by atoms with Gasteiger partial charge in [0.05, 0.1) is 13.2 Å². The van der Waals surface area contributed by atoms with Crippen molar-refractivity contribution < 1.29 is 19.4 Å². The molecule has 7 heteroatoms. The lowest BCUT2D eigenvalue weighted by atomic mass is 10.6. The van der Waals surface area contributed by atoms with Gasteiger partial charge in [-0.15, -0.1) is 0 Å². The monoisotopic (exact) mass is 231 g/mol. The van der Waals surface area contributed by atoms with Crippen LogP contribution in [-0.2, 0) is 14.3 Å². The largest absolute Gasteiger partial charge is 0.395 e. The standard InChI is InChI=1S/C9H17N3O4/c1-11(6-15-5-10-7-4-16-7)8-9(14)12(8)2-3-13/h7-8,10,13H,2-6H2,1H3. The smallest absolute Gasteiger partial charge is 0.262 e. The van der Waals surface area contributed by atoms with E-state index in [1.165, 1.54) is 0 Å². The molecule has 92 valence electrons. The number of likely N-dealkylation sites (N-methyl/N-ethyl adjacent to an activating group) is 1. The number of hydrogen-bond acceptors (Lipinski definition) is 6. The molecule has 2 atom stereocenters. The zero-order valence-corrected chi connectivity index (χ0v) is 9.26. The van der Waals surface area contributed by atoms with E-state index in [-0.39, 0.29) is 24.9 Å². The Bertz CT molecular complexity index is 259. The molecule has 0 aromatic heterocycles. The Balaban J connectivity index is 1.56. The van der Waals surface area contributed by atoms with E-state index in [2.05, 4.69) is 5.32 Å². The van der Waals surface area contributed by atoms with Crippen LogP contribution in [0.4, 0.5) is 0 Å². The van der Waals surface area contributed by atoms with Crippen LogP contribution in [0.15, 0.2) is 0 Å². The molecule has 0 radical (unpaired) electrons. The number of rotatable bonds is 8. The lowest BCUT2D eigenvalue weighted by molar-refractivity contribution is -0.114. The summed E-state index contributed by atoms with van der Waals surface area (Å²) < 4.78 is 10.3. The first-order valence-electron chi connectivity index (χ1n) is 5.28. The Labute approximate surface area is 93.9 Å². The van der Waals surface area contributed by atoms with Crippen LogP contribution in [0.2, 0.25) is 0 Å². The predicted octanol–water partition coefficient (Wildman–Crippen LogP) is -2.04. The van der Waals surface area contributed by atoms with Crippen LogP contribution in [0.25, 0.3) is 0 Å². The summed E-state index contributed by atoms with van der Waals surface area (Å²) in [6.07, 6.45) is -0.0944. The first-order valence-corrected chi connectivity index (χ1v) is 5.28. The highest BCUT2D eigenvalue weighted by Gasteiger charge is 2.48. The van der Waals surface area contributed by atoms with Crippen LogP contribution in [0.5, 0.6) is 0 Å². The van der Waals surface area contributed by atoms with Gasteiger partial charge in [-0.25, -0.2) is 0 Å². The average molecular weight is 231 g/mol. The highest BCUT2D eigenvalue weighted by Crippen LogP contribution is 2.21. The van der Waals surface area contributed by atoms with Crippen LogP contribution < -0.4 is 5.32 Å². The summed E-state index contributed by atoms with van der Waals surface area (Å²) >= 11 is 0. The van der Waals surface area contributed by atoms with Crippen LogP contribution in [0, 0.1) is 0 Å². The molecule has 2 fully saturated rings. The second-order valence-corrected chi connectivity index (χ2v) is 3.89. The minimum Gasteiger partial charge on any atom is -0.395 e. The van der Waals surface area contributed by atoms with Crippen LogP contribution in [0.3, 0.4) is 0 Å². The van der Waals surface area contributed by atoms with Gasteiger partial charge in [-0.1, -0.05) is 0 Å². The number of nitrogens with zero attached hydrogens (tertiary/aromatic N) is 2. The molecule has 2 aliphatic heterocycles. The van der Waals surface area contributed by atoms with Gasteiger partial charge in [0, 0.05) is 6.54 Å². The van der Waals surface area contributed by atoms with Gasteiger partial charge < -0.3 is 19.5 Å². The Morgan fingerprint density at radius 2 is 2.50 bits per heavy atom. The maximum atomic E-state index is 11.3. The molecule has 0 spiro atoms. The van der Waals surface area contributed by atoms with Crippen molar-refractivity contribution >= 4 is 5.91 Å². The number of amides is 1. The topological polar surface area (TPSA) is 77.3 Å². The molecule has 0 aliphatic carbocycles. The van der Waals surface area contributed by atoms with Crippen molar-refractivity contribution in [3.8, 4) is 0 Å². The normalized spacial score (nSPS) is 27.7. The molecular formula is C9H17N3O4. The fraction of sp³-hybridized carbons (Fsp3) is 0.889. The van der Waals surface area contributed by atoms with Gasteiger partial charge in [0.15, 0.2) is 6.17 Å². The number of β-amino-alcohol motifs (C(OH)–C–C–N with tert-alkyl or cyclic N) is 1. The molecule has 2 rings (SSSR count). The zero-order valence-electron chi connectivity index (χ0n) is 9.26. The molecule has 2 saturated heterocycles. The van der Waals surface area contributed by atoms with E-state index in [1.807, 2.05) is 7.05 Å². The van der Waals surface area contributed by atoms with Gasteiger partial charge >= 0.3 is 0 Å². The molecule has 2 heterocycles. The van der Waals surface area contributed by atoms with Crippen molar-refractivity contribution in [3.63, 3.8) is 0 Å². The Morgan fingerprint density at radius 1 is 1.75 bits per heavy atom. The second kappa shape index (κ2) is 5.07. The van der Waals surface area contributed by atoms with Gasteiger partial charge in [-0.05, 0) is 7.05 Å². The van der Waals surface area contributed by atoms with Crippen molar-refractivity contribution in [3.05, 3.63) is 0 Å². The summed E-state index contributed by atoms with van der Waals surface area (Å²) in [5.41, 5.74) is 0. The Hall–Kier alpha value is -0.730. The highest BCUT2D eigenvalue weighted by molar-refractivity contribution is 5.96. The van der Waals surface area contributed by atoms with E-state index >= 15 is 0 Å². The third kappa shape index (κ3) is 2.89. The lowest BCUT2D eigenvalue weighted by Gasteiger charge is -2.15. The summed E-state index contributed by atoms with van der Waals surface area (Å²) in [6.45, 7) is 1.91. The summed E-state index contributed by atoms with van der Waals surface area (Å²) in [7, 11) is 1.81. The quantitative estimate of drug-likeness (QED) is 0.285. The fourth-order valence-electron chi connectivity index (χ4n) is 1.55. The minimum absolute atomic E-state index is 0.00247. The van der Waals surface area contributed by atoms with E-state index in [0.29, 0.717) is 20.0 Å². The van der Waals surface area contributed by atoms with Gasteiger partial charge in [-0.3, -0.25) is 15.0 Å². The second-order valence-electron chi connectivity index (χ2n) is 3.89. The fourth-order valence-corrected chi connectivity index (χ4v) is 1.55. The lowest BCUT2D eigenvalue weighted by Crippen LogP contribution is -2.31. The van der Waals surface area contributed by atoms with Crippen molar-refractivity contribution in [2.45, 2.75) is 12.4 Å². The molecule has 0 saturated carbocycles. The summed E-state index contributed by atoms with van der Waals surface area (Å²) in [6, 6.07) is 0. The third-order valence-corrected chi connectivity index (χ3v) is 2.53. The van der Waals surface area contributed by atoms with Crippen molar-refractivity contribution in [2.75, 3.05) is 40.3 Å². The van der Waals surface area contributed by atoms with Crippen LogP contribution in [0.1, 0.15) is 0 Å². The third-order valence-electron chi connectivity index (χ3n) is 2.53. The number of carbonyl (C=O) groups excluding carboxylic acids is 1. The van der Waals surface area contributed by atoms with Crippen molar-refractivity contribution in [1.29, 1.82) is 0 Å². The molecule has 16 heavy (non-hydrogen) atoms. The number of aliphatic hydroxyl groups is 1. The van der Waals surface area contributed by atoms with Crippen LogP contribution >= 0.6 is 0 Å². The Morgan fingerprint density at radius 3 is 3.12 bits per heavy atom. The molecule has 0 aromatic carbocycles. The van der Waals surface area contributed by atoms with E-state index in [1.54, 1.807) is 9.80 Å². The predicted molar refractivity (Wildman–Crippen MR) is 54.0 cm³/mol. The van der Waals surface area contributed by atoms with Crippen molar-refractivity contribution in [1.82, 2.24) is 15.1 Å². The van der Waals surface area contributed by atoms with Gasteiger partial charge in [0.1, 0.15) is 19.7 Å². The van der Waals surface area contributed by atoms with Crippen LogP contribution in [-0.4, -0.2) is 73.5 Å². The summed E-state index contributed by atoms with van der Waals surface area (Å²) in [5, 5.41) is 11.7. The van der Waals surface area contributed by atoms with E-state index in [4.69, 9.17) is 14.6 Å². The molecule has 2 aliphatic rings. The summed E-state index contributed by atoms with van der Waals surface area (Å²) in [5.74, 6) is 0.0404. The maximum absolute atomic E-state index is 11.3. The number of ether oxygens (including phenoxy) is 2. The van der Waals surface area contributed by atoms with Gasteiger partial charge in [0.25, 0.3) is 5.91 Å². The molecule has 2 N–H and O–H groups in total. The zero-order chi connectivity index (χ0) is 11.5. The number of hydrogen-bond donors (Lipinski definition) is 2. The molecule has 0 bridgehead atoms. The first kappa shape index (κ1) is 11.7. The summed E-state index contributed by atoms with van der Waals surface area (Å²) in [4.78, 5) is 14.7. The first-order chi connectivity index (χ1) is 7.74. The Kier molecular flexibility index (Phi) is 3.72. The van der Waals surface area contributed by atoms with Crippen molar-refractivity contribution in [2.24, 2.45) is 0 Å². The molecule has 0 aromatic rings. The minimum atomic E-state index is -0.232. The van der Waals surface area contributed by atoms with E-state index < -0.39 is 0 Å². The molecule has 2 unspecified atom stereocenters. The molecular weight excluding hydrogens is 214 g/mol. The van der Waals surface area contributed by atoms with E-state index in [9.17, 15) is 4.79 Å². The SMILES string of the molecule is CN(COCNC1CO1)C1C(=O)N1CCO. The number of aliphatic hydroxyl groups excluding tert-OH is 1.